The Bertz CT molecular complexity index is 574. The summed E-state index contributed by atoms with van der Waals surface area (Å²) in [5.74, 6) is 0.149. The molecule has 2 aromatic rings. The molecule has 0 atom stereocenters. The number of nitrogens with zero attached hydrogens (tertiary/aromatic N) is 1. The van der Waals surface area contributed by atoms with Crippen molar-refractivity contribution in [2.24, 2.45) is 0 Å². The number of aromatic nitrogens is 1. The molecule has 18 heavy (non-hydrogen) atoms. The number of ketones is 1. The van der Waals surface area contributed by atoms with Gasteiger partial charge in [-0.2, -0.15) is 0 Å². The van der Waals surface area contributed by atoms with E-state index in [1.54, 1.807) is 0 Å². The van der Waals surface area contributed by atoms with E-state index in [1.807, 2.05) is 25.3 Å². The third-order valence-corrected chi connectivity index (χ3v) is 3.51. The number of halogens is 1. The van der Waals surface area contributed by atoms with Gasteiger partial charge in [0.2, 0.25) is 0 Å². The van der Waals surface area contributed by atoms with Crippen LogP contribution in [0.3, 0.4) is 0 Å². The average Bonchev–Trinajstić information content (AvgIpc) is 2.73. The standard InChI is InChI=1S/C14H17BrN2O/c1-3-16-8-14(18)12-9-17(4-2)13-7-10(15)5-6-11(12)13/h5-7,9,16H,3-4,8H2,1-2H3. The average molecular weight is 309 g/mol. The van der Waals surface area contributed by atoms with E-state index in [4.69, 9.17) is 0 Å². The van der Waals surface area contributed by atoms with Crippen molar-refractivity contribution in [1.29, 1.82) is 0 Å². The zero-order valence-electron chi connectivity index (χ0n) is 10.7. The van der Waals surface area contributed by atoms with Crippen LogP contribution in [0.5, 0.6) is 0 Å². The smallest absolute Gasteiger partial charge is 0.178 e. The van der Waals surface area contributed by atoms with Gasteiger partial charge in [-0.1, -0.05) is 28.9 Å². The molecule has 0 aliphatic heterocycles. The summed E-state index contributed by atoms with van der Waals surface area (Å²) in [5.41, 5.74) is 1.91. The lowest BCUT2D eigenvalue weighted by Crippen LogP contribution is -2.22. The quantitative estimate of drug-likeness (QED) is 0.861. The number of rotatable bonds is 5. The Morgan fingerprint density at radius 2 is 2.17 bits per heavy atom. The van der Waals surface area contributed by atoms with Gasteiger partial charge in [0.05, 0.1) is 6.54 Å². The third-order valence-electron chi connectivity index (χ3n) is 3.02. The largest absolute Gasteiger partial charge is 0.347 e. The maximum Gasteiger partial charge on any atom is 0.178 e. The molecule has 4 heteroatoms. The van der Waals surface area contributed by atoms with Crippen LogP contribution in [-0.4, -0.2) is 23.4 Å². The summed E-state index contributed by atoms with van der Waals surface area (Å²) >= 11 is 3.47. The lowest BCUT2D eigenvalue weighted by Gasteiger charge is -2.00. The van der Waals surface area contributed by atoms with Crippen LogP contribution in [0.15, 0.2) is 28.9 Å². The van der Waals surface area contributed by atoms with Crippen molar-refractivity contribution in [1.82, 2.24) is 9.88 Å². The van der Waals surface area contributed by atoms with Gasteiger partial charge >= 0.3 is 0 Å². The fourth-order valence-corrected chi connectivity index (χ4v) is 2.43. The lowest BCUT2D eigenvalue weighted by atomic mass is 10.1. The van der Waals surface area contributed by atoms with Crippen LogP contribution in [0.4, 0.5) is 0 Å². The lowest BCUT2D eigenvalue weighted by molar-refractivity contribution is 0.0993. The molecule has 1 heterocycles. The van der Waals surface area contributed by atoms with Crippen molar-refractivity contribution in [3.05, 3.63) is 34.4 Å². The Morgan fingerprint density at radius 3 is 2.83 bits per heavy atom. The molecular weight excluding hydrogens is 292 g/mol. The number of likely N-dealkylation sites (N-methyl/N-ethyl adjacent to an activating group) is 1. The molecule has 96 valence electrons. The molecule has 1 aromatic heterocycles. The Labute approximate surface area is 115 Å². The van der Waals surface area contributed by atoms with E-state index in [0.717, 1.165) is 34.0 Å². The van der Waals surface area contributed by atoms with E-state index in [0.29, 0.717) is 6.54 Å². The maximum atomic E-state index is 12.1. The van der Waals surface area contributed by atoms with Crippen molar-refractivity contribution < 1.29 is 4.79 Å². The number of nitrogens with one attached hydrogen (secondary N) is 1. The second-order valence-electron chi connectivity index (χ2n) is 4.19. The molecule has 0 saturated carbocycles. The van der Waals surface area contributed by atoms with Gasteiger partial charge in [0.25, 0.3) is 0 Å². The number of fused-ring (bicyclic) bond motifs is 1. The van der Waals surface area contributed by atoms with Gasteiger partial charge in [-0.25, -0.2) is 0 Å². The van der Waals surface area contributed by atoms with Gasteiger partial charge in [-0.3, -0.25) is 4.79 Å². The first kappa shape index (κ1) is 13.3. The zero-order valence-corrected chi connectivity index (χ0v) is 12.3. The normalized spacial score (nSPS) is 11.1. The number of benzene rings is 1. The molecule has 0 spiro atoms. The van der Waals surface area contributed by atoms with Crippen molar-refractivity contribution >= 4 is 32.6 Å². The monoisotopic (exact) mass is 308 g/mol. The first-order chi connectivity index (χ1) is 8.67. The van der Waals surface area contributed by atoms with Gasteiger partial charge in [0.15, 0.2) is 5.78 Å². The fourth-order valence-electron chi connectivity index (χ4n) is 2.08. The van der Waals surface area contributed by atoms with Crippen LogP contribution >= 0.6 is 15.9 Å². The second-order valence-corrected chi connectivity index (χ2v) is 5.11. The molecule has 0 saturated heterocycles. The highest BCUT2D eigenvalue weighted by Gasteiger charge is 2.14. The van der Waals surface area contributed by atoms with Crippen molar-refractivity contribution in [2.45, 2.75) is 20.4 Å². The molecule has 0 radical (unpaired) electrons. The van der Waals surface area contributed by atoms with Gasteiger partial charge in [-0.05, 0) is 25.6 Å². The summed E-state index contributed by atoms with van der Waals surface area (Å²) < 4.78 is 3.15. The number of aryl methyl sites for hydroxylation is 1. The molecular formula is C14H17BrN2O. The Hall–Kier alpha value is -1.13. The third kappa shape index (κ3) is 2.49. The van der Waals surface area contributed by atoms with Crippen molar-refractivity contribution in [3.8, 4) is 0 Å². The van der Waals surface area contributed by atoms with Crippen LogP contribution in [0, 0.1) is 0 Å². The number of carbonyl (C=O) groups excluding carboxylic acids is 1. The van der Waals surface area contributed by atoms with E-state index in [-0.39, 0.29) is 5.78 Å². The molecule has 0 aliphatic rings. The summed E-state index contributed by atoms with van der Waals surface area (Å²) in [6.07, 6.45) is 1.96. The summed E-state index contributed by atoms with van der Waals surface area (Å²) in [6, 6.07) is 6.04. The fraction of sp³-hybridized carbons (Fsp3) is 0.357. The molecule has 0 fully saturated rings. The summed E-state index contributed by atoms with van der Waals surface area (Å²) in [4.78, 5) is 12.1. The van der Waals surface area contributed by atoms with Crippen LogP contribution in [-0.2, 0) is 6.54 Å². The van der Waals surface area contributed by atoms with E-state index in [9.17, 15) is 4.79 Å². The van der Waals surface area contributed by atoms with Gasteiger partial charge in [0, 0.05) is 33.7 Å². The second kappa shape index (κ2) is 5.67. The molecule has 2 rings (SSSR count). The molecule has 0 aliphatic carbocycles. The van der Waals surface area contributed by atoms with E-state index < -0.39 is 0 Å². The minimum Gasteiger partial charge on any atom is -0.347 e. The highest BCUT2D eigenvalue weighted by molar-refractivity contribution is 9.10. The minimum atomic E-state index is 0.149. The molecule has 1 aromatic carbocycles. The van der Waals surface area contributed by atoms with Crippen LogP contribution in [0.2, 0.25) is 0 Å². The van der Waals surface area contributed by atoms with Gasteiger partial charge in [-0.15, -0.1) is 0 Å². The highest BCUT2D eigenvalue weighted by Crippen LogP contribution is 2.25. The number of Topliss-reactive ketones (excluding diaryl/α,β-unsaturated/α-hetero) is 1. The number of hydrogen-bond donors (Lipinski definition) is 1. The summed E-state index contributed by atoms with van der Waals surface area (Å²) in [7, 11) is 0. The first-order valence-electron chi connectivity index (χ1n) is 6.19. The summed E-state index contributed by atoms with van der Waals surface area (Å²) in [5, 5.41) is 4.11. The highest BCUT2D eigenvalue weighted by atomic mass is 79.9. The summed E-state index contributed by atoms with van der Waals surface area (Å²) in [6.45, 7) is 6.15. The minimum absolute atomic E-state index is 0.149. The van der Waals surface area contributed by atoms with Crippen LogP contribution in [0.25, 0.3) is 10.9 Å². The first-order valence-corrected chi connectivity index (χ1v) is 6.99. The Morgan fingerprint density at radius 1 is 1.39 bits per heavy atom. The topological polar surface area (TPSA) is 34.0 Å². The van der Waals surface area contributed by atoms with Crippen molar-refractivity contribution in [3.63, 3.8) is 0 Å². The Kier molecular flexibility index (Phi) is 4.19. The van der Waals surface area contributed by atoms with Gasteiger partial charge in [0.1, 0.15) is 0 Å². The number of carbonyl (C=O) groups is 1. The Balaban J connectivity index is 2.48. The SMILES string of the molecule is CCNCC(=O)c1cn(CC)c2cc(Br)ccc12. The maximum absolute atomic E-state index is 12.1. The predicted octanol–water partition coefficient (Wildman–Crippen LogP) is 3.22. The van der Waals surface area contributed by atoms with Crippen LogP contribution in [0.1, 0.15) is 24.2 Å². The zero-order chi connectivity index (χ0) is 13.1. The predicted molar refractivity (Wildman–Crippen MR) is 78.2 cm³/mol. The number of hydrogen-bond acceptors (Lipinski definition) is 2. The van der Waals surface area contributed by atoms with E-state index in [1.165, 1.54) is 0 Å². The molecule has 3 nitrogen and oxygen atoms in total. The van der Waals surface area contributed by atoms with E-state index in [2.05, 4.69) is 38.8 Å². The van der Waals surface area contributed by atoms with Gasteiger partial charge < -0.3 is 9.88 Å². The van der Waals surface area contributed by atoms with E-state index >= 15 is 0 Å². The molecule has 0 unspecified atom stereocenters. The van der Waals surface area contributed by atoms with Crippen molar-refractivity contribution in [2.75, 3.05) is 13.1 Å². The molecule has 0 bridgehead atoms. The molecule has 0 amide bonds. The van der Waals surface area contributed by atoms with Crippen LogP contribution < -0.4 is 5.32 Å². The molecule has 1 N–H and O–H groups in total.